The quantitative estimate of drug-likeness (QED) is 0.765. The summed E-state index contributed by atoms with van der Waals surface area (Å²) in [5, 5.41) is 3.81. The van der Waals surface area contributed by atoms with E-state index >= 15 is 0 Å². The molecule has 2 aliphatic carbocycles. The molecule has 0 aliphatic heterocycles. The Bertz CT molecular complexity index is 225. The number of nitrogens with one attached hydrogen (secondary N) is 1. The largest absolute Gasteiger partial charge is 0.312 e. The van der Waals surface area contributed by atoms with Gasteiger partial charge in [-0.25, -0.2) is 0 Å². The van der Waals surface area contributed by atoms with E-state index in [4.69, 9.17) is 0 Å². The van der Waals surface area contributed by atoms with Crippen LogP contribution in [-0.4, -0.2) is 36.6 Å². The third-order valence-corrected chi connectivity index (χ3v) is 4.98. The van der Waals surface area contributed by atoms with Crippen LogP contribution in [0.3, 0.4) is 0 Å². The van der Waals surface area contributed by atoms with Gasteiger partial charge in [-0.05, 0) is 37.6 Å². The van der Waals surface area contributed by atoms with Crippen LogP contribution in [0.1, 0.15) is 52.9 Å². The molecule has 2 nitrogen and oxygen atoms in total. The molecule has 2 saturated carbocycles. The van der Waals surface area contributed by atoms with E-state index in [0.29, 0.717) is 0 Å². The Hall–Kier alpha value is -0.0800. The topological polar surface area (TPSA) is 15.3 Å². The number of hydrogen-bond donors (Lipinski definition) is 1. The van der Waals surface area contributed by atoms with Gasteiger partial charge in [0.15, 0.2) is 0 Å². The van der Waals surface area contributed by atoms with Gasteiger partial charge >= 0.3 is 0 Å². The first-order chi connectivity index (χ1) is 8.22. The van der Waals surface area contributed by atoms with Gasteiger partial charge in [0, 0.05) is 25.2 Å². The minimum Gasteiger partial charge on any atom is -0.312 e. The first-order valence-electron chi connectivity index (χ1n) is 7.69. The Morgan fingerprint density at radius 2 is 1.88 bits per heavy atom. The highest BCUT2D eigenvalue weighted by atomic mass is 15.2. The van der Waals surface area contributed by atoms with Gasteiger partial charge in [0.25, 0.3) is 0 Å². The second kappa shape index (κ2) is 6.19. The summed E-state index contributed by atoms with van der Waals surface area (Å²) in [6, 6.07) is 1.70. The molecule has 0 radical (unpaired) electrons. The Morgan fingerprint density at radius 3 is 2.53 bits per heavy atom. The van der Waals surface area contributed by atoms with E-state index in [1.54, 1.807) is 0 Å². The van der Waals surface area contributed by atoms with Gasteiger partial charge in [0.05, 0.1) is 0 Å². The third kappa shape index (κ3) is 3.69. The third-order valence-electron chi connectivity index (χ3n) is 4.98. The van der Waals surface area contributed by atoms with Gasteiger partial charge in [0.2, 0.25) is 0 Å². The van der Waals surface area contributed by atoms with E-state index in [9.17, 15) is 0 Å². The summed E-state index contributed by atoms with van der Waals surface area (Å²) in [7, 11) is 0. The van der Waals surface area contributed by atoms with Crippen molar-refractivity contribution in [3.05, 3.63) is 0 Å². The average Bonchev–Trinajstić information content (AvgIpc) is 3.14. The number of hydrogen-bond acceptors (Lipinski definition) is 2. The van der Waals surface area contributed by atoms with Crippen molar-refractivity contribution in [3.8, 4) is 0 Å². The normalized spacial score (nSPS) is 34.2. The molecule has 0 aromatic rings. The van der Waals surface area contributed by atoms with E-state index in [2.05, 4.69) is 31.0 Å². The van der Waals surface area contributed by atoms with Crippen LogP contribution in [0.4, 0.5) is 0 Å². The first-order valence-corrected chi connectivity index (χ1v) is 7.69. The molecule has 0 amide bonds. The van der Waals surface area contributed by atoms with Crippen LogP contribution in [0.5, 0.6) is 0 Å². The maximum absolute atomic E-state index is 3.81. The van der Waals surface area contributed by atoms with Crippen LogP contribution in [0, 0.1) is 11.8 Å². The summed E-state index contributed by atoms with van der Waals surface area (Å²) in [4.78, 5) is 2.64. The molecule has 2 aliphatic rings. The second-order valence-corrected chi connectivity index (χ2v) is 6.19. The fraction of sp³-hybridized carbons (Fsp3) is 1.00. The minimum absolute atomic E-state index is 0.775. The van der Waals surface area contributed by atoms with Crippen molar-refractivity contribution in [2.45, 2.75) is 65.0 Å². The van der Waals surface area contributed by atoms with E-state index in [1.165, 1.54) is 51.7 Å². The second-order valence-electron chi connectivity index (χ2n) is 6.19. The lowest BCUT2D eigenvalue weighted by Crippen LogP contribution is -2.44. The molecule has 1 N–H and O–H groups in total. The highest BCUT2D eigenvalue weighted by Gasteiger charge is 2.29. The van der Waals surface area contributed by atoms with Crippen molar-refractivity contribution in [1.82, 2.24) is 10.2 Å². The van der Waals surface area contributed by atoms with Crippen LogP contribution in [0.2, 0.25) is 0 Å². The predicted octanol–water partition coefficient (Wildman–Crippen LogP) is 2.89. The van der Waals surface area contributed by atoms with E-state index in [1.807, 2.05) is 0 Å². The smallest absolute Gasteiger partial charge is 0.0110 e. The maximum Gasteiger partial charge on any atom is 0.0110 e. The Balaban J connectivity index is 1.66. The van der Waals surface area contributed by atoms with Crippen molar-refractivity contribution < 1.29 is 0 Å². The number of nitrogens with zero attached hydrogens (tertiary/aromatic N) is 1. The van der Waals surface area contributed by atoms with Gasteiger partial charge < -0.3 is 5.32 Å². The molecule has 0 bridgehead atoms. The molecule has 0 saturated heterocycles. The van der Waals surface area contributed by atoms with Crippen molar-refractivity contribution >= 4 is 0 Å². The zero-order valence-electron chi connectivity index (χ0n) is 11.9. The molecule has 0 spiro atoms. The van der Waals surface area contributed by atoms with Gasteiger partial charge in [-0.1, -0.05) is 33.6 Å². The van der Waals surface area contributed by atoms with E-state index < -0.39 is 0 Å². The highest BCUT2D eigenvalue weighted by Crippen LogP contribution is 2.29. The SMILES string of the molecule is CCN(CCNC1CCCC(C)C1C)C1CC1. The summed E-state index contributed by atoms with van der Waals surface area (Å²) >= 11 is 0. The van der Waals surface area contributed by atoms with Gasteiger partial charge in [-0.15, -0.1) is 0 Å². The van der Waals surface area contributed by atoms with Crippen LogP contribution >= 0.6 is 0 Å². The van der Waals surface area contributed by atoms with Crippen LogP contribution in [-0.2, 0) is 0 Å². The summed E-state index contributed by atoms with van der Waals surface area (Å²) in [5.74, 6) is 1.77. The molecule has 0 heterocycles. The zero-order valence-corrected chi connectivity index (χ0v) is 11.9. The average molecular weight is 238 g/mol. The maximum atomic E-state index is 3.81. The van der Waals surface area contributed by atoms with Crippen LogP contribution < -0.4 is 5.32 Å². The molecule has 2 fully saturated rings. The van der Waals surface area contributed by atoms with Crippen molar-refractivity contribution in [1.29, 1.82) is 0 Å². The zero-order chi connectivity index (χ0) is 12.3. The molecule has 3 atom stereocenters. The van der Waals surface area contributed by atoms with Gasteiger partial charge in [0.1, 0.15) is 0 Å². The number of rotatable bonds is 6. The fourth-order valence-corrected chi connectivity index (χ4v) is 3.30. The van der Waals surface area contributed by atoms with Crippen LogP contribution in [0.25, 0.3) is 0 Å². The molecule has 100 valence electrons. The fourth-order valence-electron chi connectivity index (χ4n) is 3.30. The Morgan fingerprint density at radius 1 is 1.12 bits per heavy atom. The first kappa shape index (κ1) is 13.4. The van der Waals surface area contributed by atoms with E-state index in [0.717, 1.165) is 23.9 Å². The number of likely N-dealkylation sites (N-methyl/N-ethyl adjacent to an activating group) is 1. The van der Waals surface area contributed by atoms with Crippen molar-refractivity contribution in [3.63, 3.8) is 0 Å². The van der Waals surface area contributed by atoms with Gasteiger partial charge in [-0.3, -0.25) is 4.90 Å². The summed E-state index contributed by atoms with van der Waals surface area (Å²) in [5.41, 5.74) is 0. The lowest BCUT2D eigenvalue weighted by molar-refractivity contribution is 0.196. The van der Waals surface area contributed by atoms with Crippen molar-refractivity contribution in [2.24, 2.45) is 11.8 Å². The minimum atomic E-state index is 0.775. The summed E-state index contributed by atoms with van der Waals surface area (Å²) in [6.45, 7) is 10.8. The lowest BCUT2D eigenvalue weighted by atomic mass is 9.78. The molecule has 17 heavy (non-hydrogen) atoms. The van der Waals surface area contributed by atoms with Crippen LogP contribution in [0.15, 0.2) is 0 Å². The monoisotopic (exact) mass is 238 g/mol. The van der Waals surface area contributed by atoms with Gasteiger partial charge in [-0.2, -0.15) is 0 Å². The molecular formula is C15H30N2. The molecule has 0 aromatic heterocycles. The molecule has 2 rings (SSSR count). The molecule has 2 heteroatoms. The van der Waals surface area contributed by atoms with Crippen molar-refractivity contribution in [2.75, 3.05) is 19.6 Å². The Kier molecular flexibility index (Phi) is 4.87. The summed E-state index contributed by atoms with van der Waals surface area (Å²) < 4.78 is 0. The summed E-state index contributed by atoms with van der Waals surface area (Å²) in [6.07, 6.45) is 7.11. The molecule has 0 aromatic carbocycles. The predicted molar refractivity (Wildman–Crippen MR) is 74.2 cm³/mol. The van der Waals surface area contributed by atoms with E-state index in [-0.39, 0.29) is 0 Å². The standard InChI is InChI=1S/C15H30N2/c1-4-17(14-8-9-14)11-10-16-15-7-5-6-12(2)13(15)3/h12-16H,4-11H2,1-3H3. The highest BCUT2D eigenvalue weighted by molar-refractivity contribution is 4.86. The Labute approximate surface area is 107 Å². The lowest BCUT2D eigenvalue weighted by Gasteiger charge is -2.35. The molecule has 3 unspecified atom stereocenters. The molecular weight excluding hydrogens is 208 g/mol.